The summed E-state index contributed by atoms with van der Waals surface area (Å²) >= 11 is 0. The Labute approximate surface area is 188 Å². The van der Waals surface area contributed by atoms with Crippen molar-refractivity contribution in [2.24, 2.45) is 0 Å². The second kappa shape index (κ2) is 9.03. The van der Waals surface area contributed by atoms with E-state index in [0.29, 0.717) is 30.6 Å². The lowest BCUT2D eigenvalue weighted by Crippen LogP contribution is -2.56. The Kier molecular flexibility index (Phi) is 5.97. The van der Waals surface area contributed by atoms with Crippen LogP contribution in [0.25, 0.3) is 0 Å². The summed E-state index contributed by atoms with van der Waals surface area (Å²) in [6, 6.07) is 10.8. The largest absolute Gasteiger partial charge is 0.467 e. The van der Waals surface area contributed by atoms with E-state index in [2.05, 4.69) is 44.5 Å². The summed E-state index contributed by atoms with van der Waals surface area (Å²) in [7, 11) is 1.50. The molecule has 0 unspecified atom stereocenters. The van der Waals surface area contributed by atoms with Crippen LogP contribution in [-0.4, -0.2) is 75.7 Å². The summed E-state index contributed by atoms with van der Waals surface area (Å²) in [6.07, 6.45) is 4.58. The van der Waals surface area contributed by atoms with E-state index < -0.39 is 6.10 Å². The topological polar surface area (TPSA) is 90.8 Å². The number of aliphatic hydroxyl groups is 1. The number of amides is 1. The van der Waals surface area contributed by atoms with E-state index in [4.69, 9.17) is 4.74 Å². The lowest BCUT2D eigenvalue weighted by atomic mass is 9.93. The Morgan fingerprint density at radius 2 is 1.97 bits per heavy atom. The van der Waals surface area contributed by atoms with E-state index in [1.165, 1.54) is 24.7 Å². The molecule has 1 saturated carbocycles. The van der Waals surface area contributed by atoms with Crippen molar-refractivity contribution in [3.05, 3.63) is 47.2 Å². The van der Waals surface area contributed by atoms with Crippen molar-refractivity contribution in [1.29, 1.82) is 0 Å². The molecule has 2 aromatic rings. The number of aromatic nitrogens is 2. The van der Waals surface area contributed by atoms with E-state index >= 15 is 0 Å². The maximum atomic E-state index is 13.2. The van der Waals surface area contributed by atoms with Crippen molar-refractivity contribution >= 4 is 11.7 Å². The van der Waals surface area contributed by atoms with Crippen molar-refractivity contribution in [2.45, 2.75) is 56.8 Å². The van der Waals surface area contributed by atoms with Gasteiger partial charge in [0.2, 0.25) is 0 Å². The molecule has 1 aromatic heterocycles. The monoisotopic (exact) mass is 437 g/mol. The molecule has 1 saturated heterocycles. The van der Waals surface area contributed by atoms with Crippen LogP contribution >= 0.6 is 0 Å². The molecular weight excluding hydrogens is 406 g/mol. The molecule has 1 amide bonds. The number of nitrogens with one attached hydrogen (secondary N) is 1. The highest BCUT2D eigenvalue weighted by Gasteiger charge is 2.36. The standard InChI is InChI=1S/C24H31N5O3/c1-32-24-26-19(13-22(27-24)25-18-7-4-8-18)23(31)29-12-10-20(21(30)15-29)28-11-9-16-5-2-3-6-17(16)14-28/h2-3,5-6,13,18,20-21,30H,4,7-12,14-15H2,1H3,(H,25,26,27)/t20-,21-/m0/s1. The molecule has 0 radical (unpaired) electrons. The lowest BCUT2D eigenvalue weighted by molar-refractivity contribution is -0.0139. The molecule has 2 atom stereocenters. The average molecular weight is 438 g/mol. The van der Waals surface area contributed by atoms with Gasteiger partial charge in [0.25, 0.3) is 5.91 Å². The molecule has 0 bridgehead atoms. The Bertz CT molecular complexity index is 980. The fraction of sp³-hybridized carbons (Fsp3) is 0.542. The van der Waals surface area contributed by atoms with Gasteiger partial charge in [-0.15, -0.1) is 0 Å². The van der Waals surface area contributed by atoms with Crippen LogP contribution in [0.4, 0.5) is 5.82 Å². The molecular formula is C24H31N5O3. The zero-order valence-corrected chi connectivity index (χ0v) is 18.5. The number of fused-ring (bicyclic) bond motifs is 1. The highest BCUT2D eigenvalue weighted by Crippen LogP contribution is 2.27. The fourth-order valence-electron chi connectivity index (χ4n) is 4.95. The number of benzene rings is 1. The number of hydrogen-bond donors (Lipinski definition) is 2. The average Bonchev–Trinajstić information content (AvgIpc) is 2.80. The predicted molar refractivity (Wildman–Crippen MR) is 121 cm³/mol. The van der Waals surface area contributed by atoms with Crippen LogP contribution in [0, 0.1) is 0 Å². The number of rotatable bonds is 5. The third-order valence-electron chi connectivity index (χ3n) is 7.03. The smallest absolute Gasteiger partial charge is 0.318 e. The van der Waals surface area contributed by atoms with Gasteiger partial charge in [0, 0.05) is 44.3 Å². The number of β-amino-alcohol motifs (C(OH)–C–C–N with tert-alkyl or cyclic N) is 1. The van der Waals surface area contributed by atoms with E-state index in [9.17, 15) is 9.90 Å². The third kappa shape index (κ3) is 4.29. The van der Waals surface area contributed by atoms with Crippen LogP contribution in [0.2, 0.25) is 0 Å². The Morgan fingerprint density at radius 1 is 1.16 bits per heavy atom. The molecule has 2 N–H and O–H groups in total. The summed E-state index contributed by atoms with van der Waals surface area (Å²) in [5.41, 5.74) is 3.04. The van der Waals surface area contributed by atoms with Gasteiger partial charge in [-0.1, -0.05) is 24.3 Å². The first-order valence-corrected chi connectivity index (χ1v) is 11.6. The van der Waals surface area contributed by atoms with Crippen LogP contribution in [0.3, 0.4) is 0 Å². The van der Waals surface area contributed by atoms with Crippen LogP contribution in [0.5, 0.6) is 6.01 Å². The first-order chi connectivity index (χ1) is 15.6. The highest BCUT2D eigenvalue weighted by atomic mass is 16.5. The zero-order chi connectivity index (χ0) is 22.1. The van der Waals surface area contributed by atoms with Crippen LogP contribution < -0.4 is 10.1 Å². The van der Waals surface area contributed by atoms with Gasteiger partial charge < -0.3 is 20.1 Å². The van der Waals surface area contributed by atoms with Gasteiger partial charge in [0.15, 0.2) is 0 Å². The lowest BCUT2D eigenvalue weighted by Gasteiger charge is -2.43. The summed E-state index contributed by atoms with van der Waals surface area (Å²) in [6.45, 7) is 2.69. The molecule has 2 fully saturated rings. The number of carbonyl (C=O) groups is 1. The minimum Gasteiger partial charge on any atom is -0.467 e. The number of likely N-dealkylation sites (tertiary alicyclic amines) is 1. The highest BCUT2D eigenvalue weighted by molar-refractivity contribution is 5.93. The number of hydrogen-bond acceptors (Lipinski definition) is 7. The van der Waals surface area contributed by atoms with Crippen LogP contribution in [0.1, 0.15) is 47.3 Å². The Morgan fingerprint density at radius 3 is 2.69 bits per heavy atom. The molecule has 1 aliphatic carbocycles. The van der Waals surface area contributed by atoms with E-state index in [1.54, 1.807) is 11.0 Å². The van der Waals surface area contributed by atoms with Gasteiger partial charge in [-0.3, -0.25) is 9.69 Å². The van der Waals surface area contributed by atoms with Crippen molar-refractivity contribution in [3.63, 3.8) is 0 Å². The number of carbonyl (C=O) groups excluding carboxylic acids is 1. The van der Waals surface area contributed by atoms with E-state index in [0.717, 1.165) is 38.8 Å². The molecule has 8 nitrogen and oxygen atoms in total. The summed E-state index contributed by atoms with van der Waals surface area (Å²) in [5.74, 6) is 0.427. The molecule has 32 heavy (non-hydrogen) atoms. The fourth-order valence-corrected chi connectivity index (χ4v) is 4.95. The number of aliphatic hydroxyl groups excluding tert-OH is 1. The molecule has 170 valence electrons. The second-order valence-electron chi connectivity index (χ2n) is 9.06. The van der Waals surface area contributed by atoms with Gasteiger partial charge in [-0.2, -0.15) is 9.97 Å². The molecule has 1 aromatic carbocycles. The second-order valence-corrected chi connectivity index (χ2v) is 9.06. The van der Waals surface area contributed by atoms with Crippen molar-refractivity contribution in [1.82, 2.24) is 19.8 Å². The molecule has 5 rings (SSSR count). The Balaban J connectivity index is 1.25. The van der Waals surface area contributed by atoms with E-state index in [1.807, 2.05) is 0 Å². The SMILES string of the molecule is COc1nc(NC2CCC2)cc(C(=O)N2CC[C@H](N3CCc4ccccc4C3)[C@@H](O)C2)n1. The molecule has 8 heteroatoms. The minimum absolute atomic E-state index is 0.0585. The van der Waals surface area contributed by atoms with Gasteiger partial charge in [-0.05, 0) is 43.2 Å². The van der Waals surface area contributed by atoms with E-state index in [-0.39, 0.29) is 18.0 Å². The minimum atomic E-state index is -0.589. The molecule has 0 spiro atoms. The maximum absolute atomic E-state index is 13.2. The number of nitrogens with zero attached hydrogens (tertiary/aromatic N) is 4. The molecule has 3 heterocycles. The van der Waals surface area contributed by atoms with Gasteiger partial charge >= 0.3 is 6.01 Å². The summed E-state index contributed by atoms with van der Waals surface area (Å²) < 4.78 is 5.22. The number of anilines is 1. The normalized spacial score (nSPS) is 23.9. The van der Waals surface area contributed by atoms with Crippen molar-refractivity contribution in [3.8, 4) is 6.01 Å². The van der Waals surface area contributed by atoms with Gasteiger partial charge in [-0.25, -0.2) is 0 Å². The quantitative estimate of drug-likeness (QED) is 0.740. The summed E-state index contributed by atoms with van der Waals surface area (Å²) in [5, 5.41) is 14.3. The Hall–Kier alpha value is -2.71. The predicted octanol–water partition coefficient (Wildman–Crippen LogP) is 2.08. The third-order valence-corrected chi connectivity index (χ3v) is 7.03. The first-order valence-electron chi connectivity index (χ1n) is 11.6. The van der Waals surface area contributed by atoms with Gasteiger partial charge in [0.1, 0.15) is 11.5 Å². The number of ether oxygens (including phenoxy) is 1. The molecule has 2 aliphatic heterocycles. The van der Waals surface area contributed by atoms with Crippen LogP contribution in [0.15, 0.2) is 30.3 Å². The summed E-state index contributed by atoms with van der Waals surface area (Å²) in [4.78, 5) is 25.9. The zero-order valence-electron chi connectivity index (χ0n) is 18.5. The van der Waals surface area contributed by atoms with Crippen molar-refractivity contribution < 1.29 is 14.6 Å². The number of piperidine rings is 1. The number of methoxy groups -OCH3 is 1. The van der Waals surface area contributed by atoms with Crippen LogP contribution in [-0.2, 0) is 13.0 Å². The first kappa shape index (κ1) is 21.2. The molecule has 3 aliphatic rings. The van der Waals surface area contributed by atoms with Crippen molar-refractivity contribution in [2.75, 3.05) is 32.1 Å². The maximum Gasteiger partial charge on any atom is 0.318 e. The van der Waals surface area contributed by atoms with Gasteiger partial charge in [0.05, 0.1) is 13.2 Å².